The van der Waals surface area contributed by atoms with E-state index >= 15 is 0 Å². The summed E-state index contributed by atoms with van der Waals surface area (Å²) in [6.07, 6.45) is -3.66. The number of rotatable bonds is 8. The van der Waals surface area contributed by atoms with Crippen LogP contribution in [0.25, 0.3) is 0 Å². The first-order valence-corrected chi connectivity index (χ1v) is 14.1. The average molecular weight is 513 g/mol. The van der Waals surface area contributed by atoms with E-state index in [2.05, 4.69) is 20.6 Å². The monoisotopic (exact) mass is 513 g/mol. The first kappa shape index (κ1) is 25.7. The summed E-state index contributed by atoms with van der Waals surface area (Å²) < 4.78 is 75.1. The molecule has 0 unspecified atom stereocenters. The van der Waals surface area contributed by atoms with Gasteiger partial charge in [-0.2, -0.15) is 18.2 Å². The number of halogens is 3. The molecule has 13 heteroatoms. The summed E-state index contributed by atoms with van der Waals surface area (Å²) in [5, 5.41) is 11.2. The van der Waals surface area contributed by atoms with Crippen molar-refractivity contribution in [1.82, 2.24) is 9.97 Å². The molecule has 0 aliphatic rings. The van der Waals surface area contributed by atoms with Crippen molar-refractivity contribution in [2.24, 2.45) is 5.14 Å². The van der Waals surface area contributed by atoms with Gasteiger partial charge in [0.25, 0.3) is 0 Å². The molecule has 0 saturated carbocycles. The lowest BCUT2D eigenvalue weighted by atomic mass is 10.1. The number of primary sulfonamides is 1. The van der Waals surface area contributed by atoms with Gasteiger partial charge in [0.05, 0.1) is 4.90 Å². The van der Waals surface area contributed by atoms with Gasteiger partial charge in [-0.15, -0.1) is 0 Å². The number of sulfonamides is 1. The second-order valence-electron chi connectivity index (χ2n) is 7.84. The summed E-state index contributed by atoms with van der Waals surface area (Å²) in [4.78, 5) is 7.69. The fourth-order valence-corrected chi connectivity index (χ4v) is 4.37. The number of nitrogens with one attached hydrogen (secondary N) is 2. The van der Waals surface area contributed by atoms with Crippen LogP contribution in [0.15, 0.2) is 59.6 Å². The highest BCUT2D eigenvalue weighted by molar-refractivity contribution is 7.89. The van der Waals surface area contributed by atoms with Crippen molar-refractivity contribution < 1.29 is 26.2 Å². The highest BCUT2D eigenvalue weighted by Crippen LogP contribution is 2.35. The van der Waals surface area contributed by atoms with Gasteiger partial charge in [-0.25, -0.2) is 18.5 Å². The van der Waals surface area contributed by atoms with Crippen LogP contribution in [0.5, 0.6) is 0 Å². The number of aromatic nitrogens is 2. The zero-order valence-electron chi connectivity index (χ0n) is 18.3. The third-order valence-corrected chi connectivity index (χ3v) is 7.27. The lowest BCUT2D eigenvalue weighted by molar-refractivity contribution is -0.137. The average Bonchev–Trinajstić information content (AvgIpc) is 2.72. The molecule has 0 aliphatic heterocycles. The Morgan fingerprint density at radius 2 is 1.65 bits per heavy atom. The zero-order valence-corrected chi connectivity index (χ0v) is 20.0. The van der Waals surface area contributed by atoms with Crippen LogP contribution in [0.4, 0.5) is 30.6 Å². The largest absolute Gasteiger partial charge is 0.421 e. The van der Waals surface area contributed by atoms with Crippen LogP contribution >= 0.6 is 7.14 Å². The first-order chi connectivity index (χ1) is 15.7. The summed E-state index contributed by atoms with van der Waals surface area (Å²) in [5.41, 5.74) is 0.207. The number of nitrogens with zero attached hydrogens (tertiary/aromatic N) is 2. The van der Waals surface area contributed by atoms with Crippen molar-refractivity contribution >= 4 is 39.9 Å². The summed E-state index contributed by atoms with van der Waals surface area (Å²) in [6.45, 7) is 3.38. The fourth-order valence-electron chi connectivity index (χ4n) is 2.99. The van der Waals surface area contributed by atoms with Crippen LogP contribution in [0.3, 0.4) is 0 Å². The maximum atomic E-state index is 13.4. The molecule has 0 radical (unpaired) electrons. The van der Waals surface area contributed by atoms with E-state index in [0.717, 1.165) is 0 Å². The van der Waals surface area contributed by atoms with Crippen molar-refractivity contribution in [2.75, 3.05) is 30.5 Å². The van der Waals surface area contributed by atoms with Gasteiger partial charge in [0.15, 0.2) is 0 Å². The highest BCUT2D eigenvalue weighted by Gasteiger charge is 2.35. The van der Waals surface area contributed by atoms with Crippen molar-refractivity contribution in [1.29, 1.82) is 0 Å². The number of nitrogens with two attached hydrogens (primary N) is 1. The molecular weight excluding hydrogens is 490 g/mol. The van der Waals surface area contributed by atoms with E-state index in [9.17, 15) is 26.2 Å². The fraction of sp³-hybridized carbons (Fsp3) is 0.238. The molecule has 1 heterocycles. The molecule has 34 heavy (non-hydrogen) atoms. The van der Waals surface area contributed by atoms with Crippen LogP contribution in [0, 0.1) is 0 Å². The Labute approximate surface area is 195 Å². The Kier molecular flexibility index (Phi) is 7.35. The Morgan fingerprint density at radius 3 is 2.18 bits per heavy atom. The van der Waals surface area contributed by atoms with E-state index in [1.54, 1.807) is 37.6 Å². The smallest absolute Gasteiger partial charge is 0.369 e. The van der Waals surface area contributed by atoms with Gasteiger partial charge in [-0.3, -0.25) is 0 Å². The number of hydrogen-bond donors (Lipinski definition) is 3. The molecule has 182 valence electrons. The van der Waals surface area contributed by atoms with Crippen molar-refractivity contribution in [2.45, 2.75) is 17.5 Å². The van der Waals surface area contributed by atoms with Crippen LogP contribution in [0.1, 0.15) is 11.1 Å². The molecule has 1 aromatic heterocycles. The van der Waals surface area contributed by atoms with E-state index in [-0.39, 0.29) is 17.4 Å². The molecule has 0 atom stereocenters. The van der Waals surface area contributed by atoms with Gasteiger partial charge < -0.3 is 15.2 Å². The lowest BCUT2D eigenvalue weighted by Gasteiger charge is -2.15. The van der Waals surface area contributed by atoms with E-state index < -0.39 is 34.7 Å². The minimum Gasteiger partial charge on any atom is -0.369 e. The Hall–Kier alpha value is -2.95. The molecule has 0 saturated heterocycles. The summed E-state index contributed by atoms with van der Waals surface area (Å²) in [6, 6.07) is 12.4. The molecule has 0 bridgehead atoms. The van der Waals surface area contributed by atoms with E-state index in [4.69, 9.17) is 5.14 Å². The van der Waals surface area contributed by atoms with Gasteiger partial charge in [0.2, 0.25) is 16.0 Å². The molecule has 2 aromatic carbocycles. The Bertz CT molecular complexity index is 1310. The van der Waals surface area contributed by atoms with Gasteiger partial charge >= 0.3 is 6.18 Å². The van der Waals surface area contributed by atoms with Crippen LogP contribution in [0.2, 0.25) is 0 Å². The molecule has 3 rings (SSSR count). The minimum atomic E-state index is -4.66. The second kappa shape index (κ2) is 9.73. The topological polar surface area (TPSA) is 127 Å². The van der Waals surface area contributed by atoms with Gasteiger partial charge in [0, 0.05) is 23.7 Å². The van der Waals surface area contributed by atoms with E-state index in [0.29, 0.717) is 29.2 Å². The third kappa shape index (κ3) is 6.78. The lowest BCUT2D eigenvalue weighted by Crippen LogP contribution is -2.16. The molecule has 0 spiro atoms. The molecule has 8 nitrogen and oxygen atoms in total. The number of anilines is 3. The van der Waals surface area contributed by atoms with E-state index in [1.807, 2.05) is 0 Å². The normalized spacial score (nSPS) is 12.4. The number of alkyl halides is 3. The summed E-state index contributed by atoms with van der Waals surface area (Å²) in [7, 11) is -6.26. The van der Waals surface area contributed by atoms with Crippen molar-refractivity contribution in [3.8, 4) is 0 Å². The van der Waals surface area contributed by atoms with Gasteiger partial charge in [-0.05, 0) is 61.7 Å². The third-order valence-electron chi connectivity index (χ3n) is 4.80. The van der Waals surface area contributed by atoms with Gasteiger partial charge in [0.1, 0.15) is 18.5 Å². The van der Waals surface area contributed by atoms with Crippen LogP contribution in [-0.4, -0.2) is 38.3 Å². The second-order valence-corrected chi connectivity index (χ2v) is 12.6. The van der Waals surface area contributed by atoms with E-state index in [1.165, 1.54) is 24.3 Å². The zero-order chi connectivity index (χ0) is 25.1. The molecule has 0 aliphatic carbocycles. The quantitative estimate of drug-likeness (QED) is 0.391. The summed E-state index contributed by atoms with van der Waals surface area (Å²) in [5.74, 6) is -0.439. The standard InChI is InChI=1S/C21H23F3N5O3PS/c1-33(2,30)16-7-5-15(6-8-16)28-20-27-13-18(21(22,23)24)19(29-20)26-12-11-14-3-9-17(10-4-14)34(25,31)32/h3-10,13H,11-12H2,1-2H3,(H2,25,31,32)(H2,26,27,28,29). The van der Waals surface area contributed by atoms with Crippen molar-refractivity contribution in [3.63, 3.8) is 0 Å². The predicted octanol–water partition coefficient (Wildman–Crippen LogP) is 3.79. The molecule has 4 N–H and O–H groups in total. The Balaban J connectivity index is 1.75. The first-order valence-electron chi connectivity index (χ1n) is 9.96. The molecular formula is C21H23F3N5O3PS. The van der Waals surface area contributed by atoms with Crippen molar-refractivity contribution in [3.05, 3.63) is 65.9 Å². The SMILES string of the molecule is CP(C)(=O)c1ccc(Nc2ncc(C(F)(F)F)c(NCCc3ccc(S(N)(=O)=O)cc3)n2)cc1. The number of hydrogen-bond acceptors (Lipinski definition) is 7. The predicted molar refractivity (Wildman–Crippen MR) is 126 cm³/mol. The Morgan fingerprint density at radius 1 is 1.03 bits per heavy atom. The van der Waals surface area contributed by atoms with Crippen LogP contribution in [-0.2, 0) is 27.2 Å². The van der Waals surface area contributed by atoms with Crippen LogP contribution < -0.4 is 21.1 Å². The number of benzene rings is 2. The molecule has 3 aromatic rings. The maximum Gasteiger partial charge on any atom is 0.421 e. The minimum absolute atomic E-state index is 0.0445. The molecule has 0 fully saturated rings. The molecule has 0 amide bonds. The maximum absolute atomic E-state index is 13.4. The summed E-state index contributed by atoms with van der Waals surface area (Å²) >= 11 is 0. The van der Waals surface area contributed by atoms with Gasteiger partial charge in [-0.1, -0.05) is 12.1 Å². The highest BCUT2D eigenvalue weighted by atomic mass is 32.2.